The minimum absolute atomic E-state index is 0.223. The average Bonchev–Trinajstić information content (AvgIpc) is 2.81. The van der Waals surface area contributed by atoms with Gasteiger partial charge in [-0.2, -0.15) is 0 Å². The number of ether oxygens (including phenoxy) is 2. The Bertz CT molecular complexity index is 955. The van der Waals surface area contributed by atoms with E-state index < -0.39 is 29.7 Å². The molecule has 2 rings (SSSR count). The number of benzene rings is 2. The number of hydrogen-bond acceptors (Lipinski definition) is 5. The summed E-state index contributed by atoms with van der Waals surface area (Å²) in [7, 11) is 1.57. The van der Waals surface area contributed by atoms with Gasteiger partial charge in [0.15, 0.2) is 0 Å². The molecule has 8 nitrogen and oxygen atoms in total. The number of methoxy groups -OCH3 is 1. The lowest BCUT2D eigenvalue weighted by atomic mass is 10.0. The smallest absolute Gasteiger partial charge is 0.408 e. The Kier molecular flexibility index (Phi) is 10.6. The summed E-state index contributed by atoms with van der Waals surface area (Å²) in [6.45, 7) is 7.35. The van der Waals surface area contributed by atoms with Crippen molar-refractivity contribution in [1.29, 1.82) is 0 Å². The van der Waals surface area contributed by atoms with Crippen molar-refractivity contribution in [3.05, 3.63) is 65.7 Å². The number of nitrogens with one attached hydrogen (secondary N) is 3. The van der Waals surface area contributed by atoms with Crippen LogP contribution in [0, 0.1) is 0 Å². The van der Waals surface area contributed by atoms with E-state index in [-0.39, 0.29) is 12.3 Å². The first kappa shape index (κ1) is 27.7. The van der Waals surface area contributed by atoms with Gasteiger partial charge in [-0.15, -0.1) is 0 Å². The molecular weight excluding hydrogens is 446 g/mol. The molecule has 0 bridgehead atoms. The zero-order valence-electron chi connectivity index (χ0n) is 21.2. The van der Waals surface area contributed by atoms with E-state index in [1.807, 2.05) is 42.5 Å². The fourth-order valence-electron chi connectivity index (χ4n) is 3.34. The highest BCUT2D eigenvalue weighted by molar-refractivity contribution is 5.91. The van der Waals surface area contributed by atoms with Crippen molar-refractivity contribution < 1.29 is 23.9 Å². The van der Waals surface area contributed by atoms with Gasteiger partial charge in [-0.05, 0) is 63.8 Å². The predicted octanol–water partition coefficient (Wildman–Crippen LogP) is 3.38. The van der Waals surface area contributed by atoms with E-state index in [9.17, 15) is 14.4 Å². The number of carbonyl (C=O) groups excluding carboxylic acids is 3. The first-order valence-electron chi connectivity index (χ1n) is 11.8. The predicted molar refractivity (Wildman–Crippen MR) is 135 cm³/mol. The first-order chi connectivity index (χ1) is 16.6. The Morgan fingerprint density at radius 3 is 2.14 bits per heavy atom. The molecule has 0 heterocycles. The molecule has 0 aliphatic heterocycles. The SMILES string of the molecule is COc1ccc(C[C@H](NC(=O)OC(C)(C)C)C(=O)N[C@H](C)C(=O)NCCCc2ccccc2)cc1. The van der Waals surface area contributed by atoms with Gasteiger partial charge >= 0.3 is 6.09 Å². The molecule has 0 aliphatic rings. The van der Waals surface area contributed by atoms with Crippen LogP contribution in [0.15, 0.2) is 54.6 Å². The quantitative estimate of drug-likeness (QED) is 0.425. The first-order valence-corrected chi connectivity index (χ1v) is 11.8. The largest absolute Gasteiger partial charge is 0.497 e. The van der Waals surface area contributed by atoms with E-state index in [0.717, 1.165) is 18.4 Å². The molecule has 0 aliphatic carbocycles. The number of aryl methyl sites for hydroxylation is 1. The molecule has 0 aromatic heterocycles. The van der Waals surface area contributed by atoms with Crippen molar-refractivity contribution in [3.8, 4) is 5.75 Å². The van der Waals surface area contributed by atoms with Gasteiger partial charge in [-0.25, -0.2) is 4.79 Å². The summed E-state index contributed by atoms with van der Waals surface area (Å²) in [6, 6.07) is 15.5. The van der Waals surface area contributed by atoms with Crippen molar-refractivity contribution in [2.75, 3.05) is 13.7 Å². The highest BCUT2D eigenvalue weighted by atomic mass is 16.6. The van der Waals surface area contributed by atoms with E-state index in [4.69, 9.17) is 9.47 Å². The second kappa shape index (κ2) is 13.4. The van der Waals surface area contributed by atoms with Crippen LogP contribution < -0.4 is 20.7 Å². The Labute approximate surface area is 207 Å². The van der Waals surface area contributed by atoms with Gasteiger partial charge in [0.2, 0.25) is 11.8 Å². The second-order valence-corrected chi connectivity index (χ2v) is 9.36. The Hall–Kier alpha value is -3.55. The van der Waals surface area contributed by atoms with Crippen LogP contribution in [-0.4, -0.2) is 49.2 Å². The van der Waals surface area contributed by atoms with Crippen LogP contribution in [0.1, 0.15) is 45.2 Å². The molecule has 2 aromatic carbocycles. The van der Waals surface area contributed by atoms with Crippen molar-refractivity contribution in [2.45, 2.75) is 64.6 Å². The van der Waals surface area contributed by atoms with Gasteiger partial charge in [-0.1, -0.05) is 42.5 Å². The fraction of sp³-hybridized carbons (Fsp3) is 0.444. The van der Waals surface area contributed by atoms with E-state index in [2.05, 4.69) is 16.0 Å². The third kappa shape index (κ3) is 10.5. The van der Waals surface area contributed by atoms with E-state index in [1.165, 1.54) is 5.56 Å². The number of alkyl carbamates (subject to hydrolysis) is 1. The van der Waals surface area contributed by atoms with Crippen LogP contribution >= 0.6 is 0 Å². The lowest BCUT2D eigenvalue weighted by molar-refractivity contribution is -0.129. The van der Waals surface area contributed by atoms with Gasteiger partial charge < -0.3 is 25.4 Å². The Balaban J connectivity index is 1.94. The topological polar surface area (TPSA) is 106 Å². The maximum atomic E-state index is 13.0. The number of amides is 3. The molecule has 0 spiro atoms. The van der Waals surface area contributed by atoms with Gasteiger partial charge in [-0.3, -0.25) is 9.59 Å². The summed E-state index contributed by atoms with van der Waals surface area (Å²) in [5, 5.41) is 8.18. The van der Waals surface area contributed by atoms with Gasteiger partial charge in [0, 0.05) is 13.0 Å². The number of hydrogen-bond donors (Lipinski definition) is 3. The van der Waals surface area contributed by atoms with E-state index in [0.29, 0.717) is 12.3 Å². The Morgan fingerprint density at radius 2 is 1.54 bits per heavy atom. The monoisotopic (exact) mass is 483 g/mol. The van der Waals surface area contributed by atoms with Gasteiger partial charge in [0.25, 0.3) is 0 Å². The summed E-state index contributed by atoms with van der Waals surface area (Å²) in [5.74, 6) is -0.0714. The van der Waals surface area contributed by atoms with Crippen molar-refractivity contribution >= 4 is 17.9 Å². The lowest BCUT2D eigenvalue weighted by Crippen LogP contribution is -2.54. The summed E-state index contributed by atoms with van der Waals surface area (Å²) < 4.78 is 10.5. The molecule has 2 atom stereocenters. The molecule has 3 N–H and O–H groups in total. The summed E-state index contributed by atoms with van der Waals surface area (Å²) in [4.78, 5) is 37.9. The lowest BCUT2D eigenvalue weighted by Gasteiger charge is -2.24. The maximum absolute atomic E-state index is 13.0. The molecule has 0 saturated heterocycles. The molecule has 0 radical (unpaired) electrons. The summed E-state index contributed by atoms with van der Waals surface area (Å²) >= 11 is 0. The minimum atomic E-state index is -0.924. The molecule has 3 amide bonds. The molecular formula is C27H37N3O5. The van der Waals surface area contributed by atoms with Crippen molar-refractivity contribution in [1.82, 2.24) is 16.0 Å². The van der Waals surface area contributed by atoms with Crippen LogP contribution in [0.5, 0.6) is 5.75 Å². The highest BCUT2D eigenvalue weighted by Crippen LogP contribution is 2.14. The number of carbonyl (C=O) groups is 3. The third-order valence-corrected chi connectivity index (χ3v) is 5.14. The van der Waals surface area contributed by atoms with E-state index >= 15 is 0 Å². The zero-order valence-corrected chi connectivity index (χ0v) is 21.2. The van der Waals surface area contributed by atoms with Crippen LogP contribution in [-0.2, 0) is 27.2 Å². The highest BCUT2D eigenvalue weighted by Gasteiger charge is 2.27. The van der Waals surface area contributed by atoms with Crippen LogP contribution in [0.25, 0.3) is 0 Å². The van der Waals surface area contributed by atoms with Gasteiger partial charge in [0.1, 0.15) is 23.4 Å². The van der Waals surface area contributed by atoms with E-state index in [1.54, 1.807) is 46.9 Å². The molecule has 0 saturated carbocycles. The molecule has 0 fully saturated rings. The number of rotatable bonds is 11. The minimum Gasteiger partial charge on any atom is -0.497 e. The third-order valence-electron chi connectivity index (χ3n) is 5.14. The summed E-state index contributed by atoms with van der Waals surface area (Å²) in [5.41, 5.74) is 1.32. The van der Waals surface area contributed by atoms with Crippen LogP contribution in [0.2, 0.25) is 0 Å². The maximum Gasteiger partial charge on any atom is 0.408 e. The summed E-state index contributed by atoms with van der Waals surface area (Å²) in [6.07, 6.45) is 1.16. The standard InChI is InChI=1S/C27H37N3O5/c1-19(24(31)28-17-9-12-20-10-7-6-8-11-20)29-25(32)23(30-26(33)35-27(2,3)4)18-21-13-15-22(34-5)16-14-21/h6-8,10-11,13-16,19,23H,9,12,17-18H2,1-5H3,(H,28,31)(H,29,32)(H,30,33)/t19-,23+/m1/s1. The normalized spacial score (nSPS) is 12.7. The second-order valence-electron chi connectivity index (χ2n) is 9.36. The molecule has 35 heavy (non-hydrogen) atoms. The zero-order chi connectivity index (χ0) is 25.8. The average molecular weight is 484 g/mol. The Morgan fingerprint density at radius 1 is 0.886 bits per heavy atom. The van der Waals surface area contributed by atoms with Gasteiger partial charge in [0.05, 0.1) is 7.11 Å². The van der Waals surface area contributed by atoms with Crippen molar-refractivity contribution in [3.63, 3.8) is 0 Å². The molecule has 0 unspecified atom stereocenters. The van der Waals surface area contributed by atoms with Crippen LogP contribution in [0.4, 0.5) is 4.79 Å². The molecule has 2 aromatic rings. The molecule has 190 valence electrons. The van der Waals surface area contributed by atoms with Crippen LogP contribution in [0.3, 0.4) is 0 Å². The molecule has 8 heteroatoms. The fourth-order valence-corrected chi connectivity index (χ4v) is 3.34. The van der Waals surface area contributed by atoms with Crippen molar-refractivity contribution in [2.24, 2.45) is 0 Å².